The van der Waals surface area contributed by atoms with E-state index in [9.17, 15) is 9.18 Å². The Labute approximate surface area is 115 Å². The predicted molar refractivity (Wildman–Crippen MR) is 76.9 cm³/mol. The molecule has 0 spiro atoms. The van der Waals surface area contributed by atoms with Crippen LogP contribution in [0.3, 0.4) is 0 Å². The van der Waals surface area contributed by atoms with E-state index in [1.54, 1.807) is 12.1 Å². The van der Waals surface area contributed by atoms with E-state index in [1.165, 1.54) is 12.1 Å². The van der Waals surface area contributed by atoms with E-state index in [0.29, 0.717) is 23.9 Å². The summed E-state index contributed by atoms with van der Waals surface area (Å²) < 4.78 is 12.8. The zero-order valence-corrected chi connectivity index (χ0v) is 12.3. The van der Waals surface area contributed by atoms with Crippen LogP contribution in [-0.2, 0) is 0 Å². The second kappa shape index (κ2) is 7.39. The lowest BCUT2D eigenvalue weighted by Crippen LogP contribution is -2.35. The summed E-state index contributed by atoms with van der Waals surface area (Å²) in [6.45, 7) is 10.4. The number of hydrogen-bond donors (Lipinski definition) is 0. The molecule has 2 nitrogen and oxygen atoms in total. The minimum atomic E-state index is -0.305. The van der Waals surface area contributed by atoms with E-state index in [1.807, 2.05) is 0 Å². The Hall–Kier alpha value is -1.22. The maximum atomic E-state index is 12.8. The van der Waals surface area contributed by atoms with Gasteiger partial charge in [-0.25, -0.2) is 4.39 Å². The van der Waals surface area contributed by atoms with E-state index in [4.69, 9.17) is 0 Å². The van der Waals surface area contributed by atoms with Crippen LogP contribution in [0.25, 0.3) is 0 Å². The average Bonchev–Trinajstić information content (AvgIpc) is 2.34. The first-order valence-electron chi connectivity index (χ1n) is 6.93. The smallest absolute Gasteiger partial charge is 0.164 e. The van der Waals surface area contributed by atoms with E-state index >= 15 is 0 Å². The Kier molecular flexibility index (Phi) is 6.16. The van der Waals surface area contributed by atoms with Crippen molar-refractivity contribution in [2.75, 3.05) is 13.1 Å². The second-order valence-corrected chi connectivity index (χ2v) is 5.66. The Morgan fingerprint density at radius 2 is 1.74 bits per heavy atom. The first-order chi connectivity index (χ1) is 8.90. The number of benzene rings is 1. The van der Waals surface area contributed by atoms with Crippen LogP contribution in [0.2, 0.25) is 0 Å². The Bertz CT molecular complexity index is 398. The highest BCUT2D eigenvalue weighted by Crippen LogP contribution is 2.09. The summed E-state index contributed by atoms with van der Waals surface area (Å²) in [4.78, 5) is 14.3. The van der Waals surface area contributed by atoms with Gasteiger partial charge >= 0.3 is 0 Å². The number of halogens is 1. The molecule has 0 radical (unpaired) electrons. The molecule has 0 aliphatic rings. The highest BCUT2D eigenvalue weighted by atomic mass is 19.1. The molecule has 0 N–H and O–H groups in total. The fraction of sp³-hybridized carbons (Fsp3) is 0.562. The third-order valence-corrected chi connectivity index (χ3v) is 3.12. The van der Waals surface area contributed by atoms with Crippen LogP contribution in [-0.4, -0.2) is 29.8 Å². The molecule has 0 heterocycles. The third kappa shape index (κ3) is 5.52. The normalized spacial score (nSPS) is 11.6. The van der Waals surface area contributed by atoms with Gasteiger partial charge in [0.2, 0.25) is 0 Å². The van der Waals surface area contributed by atoms with Crippen molar-refractivity contribution in [3.05, 3.63) is 35.6 Å². The van der Waals surface area contributed by atoms with Gasteiger partial charge in [0.1, 0.15) is 5.82 Å². The zero-order chi connectivity index (χ0) is 14.4. The van der Waals surface area contributed by atoms with E-state index in [0.717, 1.165) is 13.1 Å². The fourth-order valence-electron chi connectivity index (χ4n) is 2.05. The molecule has 0 bridgehead atoms. The monoisotopic (exact) mass is 265 g/mol. The fourth-order valence-corrected chi connectivity index (χ4v) is 2.05. The van der Waals surface area contributed by atoms with Crippen molar-refractivity contribution in [1.82, 2.24) is 4.90 Å². The summed E-state index contributed by atoms with van der Waals surface area (Å²) in [7, 11) is 0. The van der Waals surface area contributed by atoms with Gasteiger partial charge in [-0.3, -0.25) is 4.79 Å². The van der Waals surface area contributed by atoms with Crippen LogP contribution in [0, 0.1) is 11.7 Å². The molecule has 0 amide bonds. The molecule has 19 heavy (non-hydrogen) atoms. The summed E-state index contributed by atoms with van der Waals surface area (Å²) in [5.41, 5.74) is 0.592. The highest BCUT2D eigenvalue weighted by molar-refractivity contribution is 5.96. The Balaban J connectivity index is 2.54. The second-order valence-electron chi connectivity index (χ2n) is 5.66. The summed E-state index contributed by atoms with van der Waals surface area (Å²) in [5.74, 6) is 0.359. The van der Waals surface area contributed by atoms with Crippen molar-refractivity contribution in [1.29, 1.82) is 0 Å². The molecule has 0 aliphatic heterocycles. The minimum Gasteiger partial charge on any atom is -0.300 e. The van der Waals surface area contributed by atoms with Gasteiger partial charge in [-0.2, -0.15) is 0 Å². The van der Waals surface area contributed by atoms with Crippen LogP contribution >= 0.6 is 0 Å². The molecule has 0 aliphatic carbocycles. The molecule has 0 fully saturated rings. The SMILES string of the molecule is CC(C)CN(CCC(=O)c1ccc(F)cc1)C(C)C. The van der Waals surface area contributed by atoms with Crippen molar-refractivity contribution < 1.29 is 9.18 Å². The van der Waals surface area contributed by atoms with Crippen molar-refractivity contribution >= 4 is 5.78 Å². The van der Waals surface area contributed by atoms with E-state index in [2.05, 4.69) is 32.6 Å². The van der Waals surface area contributed by atoms with Gasteiger partial charge in [-0.15, -0.1) is 0 Å². The van der Waals surface area contributed by atoms with E-state index < -0.39 is 0 Å². The molecule has 0 atom stereocenters. The first-order valence-corrected chi connectivity index (χ1v) is 6.93. The maximum absolute atomic E-state index is 12.8. The number of ketones is 1. The molecule has 0 saturated carbocycles. The molecular formula is C16H24FNO. The molecule has 0 unspecified atom stereocenters. The van der Waals surface area contributed by atoms with Gasteiger partial charge in [0.05, 0.1) is 0 Å². The largest absolute Gasteiger partial charge is 0.300 e. The number of carbonyl (C=O) groups excluding carboxylic acids is 1. The van der Waals surface area contributed by atoms with Crippen LogP contribution < -0.4 is 0 Å². The van der Waals surface area contributed by atoms with Crippen molar-refractivity contribution in [2.24, 2.45) is 5.92 Å². The van der Waals surface area contributed by atoms with Gasteiger partial charge in [0, 0.05) is 31.1 Å². The molecule has 0 aromatic heterocycles. The van der Waals surface area contributed by atoms with Crippen LogP contribution in [0.5, 0.6) is 0 Å². The van der Waals surface area contributed by atoms with Crippen LogP contribution in [0.1, 0.15) is 44.5 Å². The molecule has 3 heteroatoms. The molecule has 106 valence electrons. The van der Waals surface area contributed by atoms with Crippen LogP contribution in [0.4, 0.5) is 4.39 Å². The van der Waals surface area contributed by atoms with E-state index in [-0.39, 0.29) is 11.6 Å². The van der Waals surface area contributed by atoms with Gasteiger partial charge in [0.25, 0.3) is 0 Å². The number of Topliss-reactive ketones (excluding diaryl/α,β-unsaturated/α-hetero) is 1. The minimum absolute atomic E-state index is 0.0782. The topological polar surface area (TPSA) is 20.3 Å². The van der Waals surface area contributed by atoms with Gasteiger partial charge in [-0.1, -0.05) is 13.8 Å². The maximum Gasteiger partial charge on any atom is 0.164 e. The quantitative estimate of drug-likeness (QED) is 0.700. The van der Waals surface area contributed by atoms with Crippen molar-refractivity contribution in [2.45, 2.75) is 40.2 Å². The predicted octanol–water partition coefficient (Wildman–Crippen LogP) is 3.76. The average molecular weight is 265 g/mol. The first kappa shape index (κ1) is 15.8. The van der Waals surface area contributed by atoms with Gasteiger partial charge in [0.15, 0.2) is 5.78 Å². The molecule has 1 rings (SSSR count). The molecular weight excluding hydrogens is 241 g/mol. The van der Waals surface area contributed by atoms with Crippen molar-refractivity contribution in [3.8, 4) is 0 Å². The lowest BCUT2D eigenvalue weighted by molar-refractivity contribution is 0.0950. The van der Waals surface area contributed by atoms with Crippen LogP contribution in [0.15, 0.2) is 24.3 Å². The Morgan fingerprint density at radius 1 is 1.16 bits per heavy atom. The summed E-state index contributed by atoms with van der Waals surface area (Å²) in [6.07, 6.45) is 0.483. The standard InChI is InChI=1S/C16H24FNO/c1-12(2)11-18(13(3)4)10-9-16(19)14-5-7-15(17)8-6-14/h5-8,12-13H,9-11H2,1-4H3. The van der Waals surface area contributed by atoms with Gasteiger partial charge < -0.3 is 4.90 Å². The number of carbonyl (C=O) groups is 1. The lowest BCUT2D eigenvalue weighted by atomic mass is 10.1. The highest BCUT2D eigenvalue weighted by Gasteiger charge is 2.14. The zero-order valence-electron chi connectivity index (χ0n) is 12.3. The molecule has 1 aromatic rings. The number of rotatable bonds is 7. The third-order valence-electron chi connectivity index (χ3n) is 3.12. The lowest BCUT2D eigenvalue weighted by Gasteiger charge is -2.27. The number of hydrogen-bond acceptors (Lipinski definition) is 2. The summed E-state index contributed by atoms with van der Waals surface area (Å²) in [5, 5.41) is 0. The summed E-state index contributed by atoms with van der Waals surface area (Å²) in [6, 6.07) is 6.21. The molecule has 1 aromatic carbocycles. The molecule has 0 saturated heterocycles. The Morgan fingerprint density at radius 3 is 2.21 bits per heavy atom. The summed E-state index contributed by atoms with van der Waals surface area (Å²) >= 11 is 0. The number of nitrogens with zero attached hydrogens (tertiary/aromatic N) is 1. The van der Waals surface area contributed by atoms with Crippen molar-refractivity contribution in [3.63, 3.8) is 0 Å². The van der Waals surface area contributed by atoms with Gasteiger partial charge in [-0.05, 0) is 44.0 Å².